The van der Waals surface area contributed by atoms with Gasteiger partial charge in [0.15, 0.2) is 18.2 Å². The summed E-state index contributed by atoms with van der Waals surface area (Å²) in [7, 11) is 3.04. The van der Waals surface area contributed by atoms with Gasteiger partial charge in [-0.15, -0.1) is 0 Å². The van der Waals surface area contributed by atoms with Gasteiger partial charge in [0.2, 0.25) is 11.9 Å². The Morgan fingerprint density at radius 3 is 2.41 bits per heavy atom. The number of nitrogens with one attached hydrogen (secondary N) is 3. The summed E-state index contributed by atoms with van der Waals surface area (Å²) in [6.07, 6.45) is 5.41. The van der Waals surface area contributed by atoms with Crippen molar-refractivity contribution in [2.75, 3.05) is 81.6 Å². The number of piperidine rings is 2. The van der Waals surface area contributed by atoms with Gasteiger partial charge in [-0.2, -0.15) is 4.98 Å². The number of hydrogen-bond acceptors (Lipinski definition) is 12. The molecule has 1 atom stereocenters. The number of anilines is 4. The molecule has 3 fully saturated rings. The zero-order chi connectivity index (χ0) is 45.3. The van der Waals surface area contributed by atoms with Crippen LogP contribution in [-0.2, 0) is 20.9 Å². The van der Waals surface area contributed by atoms with E-state index in [4.69, 9.17) is 21.3 Å². The topological polar surface area (TPSA) is 174 Å². The number of likely N-dealkylation sites (N-methyl/N-ethyl adjacent to an activating group) is 2. The van der Waals surface area contributed by atoms with E-state index in [-0.39, 0.29) is 59.9 Å². The summed E-state index contributed by atoms with van der Waals surface area (Å²) < 4.78 is 23.7. The van der Waals surface area contributed by atoms with Gasteiger partial charge in [-0.05, 0) is 74.9 Å². The lowest BCUT2D eigenvalue weighted by Gasteiger charge is -2.56. The molecule has 0 aliphatic carbocycles. The Balaban J connectivity index is 0.851. The van der Waals surface area contributed by atoms with Gasteiger partial charge in [0.25, 0.3) is 17.4 Å². The summed E-state index contributed by atoms with van der Waals surface area (Å²) in [5, 5.41) is 9.46. The molecule has 6 heterocycles. The van der Waals surface area contributed by atoms with Gasteiger partial charge in [0.05, 0.1) is 11.7 Å². The summed E-state index contributed by atoms with van der Waals surface area (Å²) in [6.45, 7) is 8.50. The van der Waals surface area contributed by atoms with Crippen molar-refractivity contribution in [1.82, 2.24) is 35.0 Å². The molecule has 16 nitrogen and oxygen atoms in total. The number of aldehydes is 1. The number of carbonyl (C=O) groups is 4. The van der Waals surface area contributed by atoms with Crippen molar-refractivity contribution < 1.29 is 28.3 Å². The minimum atomic E-state index is -1.33. The normalized spacial score (nSPS) is 18.5. The molecule has 3 N–H and O–H groups in total. The van der Waals surface area contributed by atoms with Crippen LogP contribution in [0.2, 0.25) is 5.02 Å². The number of ether oxygens (including phenoxy) is 1. The molecule has 18 heteroatoms. The maximum absolute atomic E-state index is 16.5. The van der Waals surface area contributed by atoms with Crippen molar-refractivity contribution in [3.05, 3.63) is 75.2 Å². The monoisotopic (exact) mass is 898 g/mol. The van der Waals surface area contributed by atoms with E-state index in [9.17, 15) is 24.0 Å². The van der Waals surface area contributed by atoms with Crippen LogP contribution in [0.3, 0.4) is 0 Å². The zero-order valence-electron chi connectivity index (χ0n) is 36.8. The van der Waals surface area contributed by atoms with E-state index in [0.29, 0.717) is 78.0 Å². The molecule has 2 aromatic heterocycles. The van der Waals surface area contributed by atoms with Crippen LogP contribution in [0.1, 0.15) is 74.3 Å². The number of nitrogens with zero attached hydrogens (tertiary/aromatic N) is 7. The molecule has 3 saturated heterocycles. The summed E-state index contributed by atoms with van der Waals surface area (Å²) in [6, 6.07) is 12.1. The number of carbonyl (C=O) groups excluding carboxylic acids is 4. The van der Waals surface area contributed by atoms with Crippen LogP contribution in [0.4, 0.5) is 27.5 Å². The second kappa shape index (κ2) is 18.4. The average molecular weight is 899 g/mol. The summed E-state index contributed by atoms with van der Waals surface area (Å²) in [5.41, 5.74) is 2.39. The highest BCUT2D eigenvalue weighted by atomic mass is 35.5. The molecule has 0 saturated carbocycles. The smallest absolute Gasteiger partial charge is 0.293 e. The van der Waals surface area contributed by atoms with Crippen molar-refractivity contribution in [3.63, 3.8) is 0 Å². The van der Waals surface area contributed by atoms with E-state index in [1.54, 1.807) is 22.6 Å². The Labute approximate surface area is 376 Å². The highest BCUT2D eigenvalue weighted by molar-refractivity contribution is 6.33. The highest BCUT2D eigenvalue weighted by Gasteiger charge is 2.49. The van der Waals surface area contributed by atoms with Gasteiger partial charge in [-0.25, -0.2) is 9.37 Å². The van der Waals surface area contributed by atoms with Gasteiger partial charge in [-0.1, -0.05) is 17.7 Å². The van der Waals surface area contributed by atoms with Crippen molar-refractivity contribution >= 4 is 69.7 Å². The third-order valence-corrected chi connectivity index (χ3v) is 13.6. The van der Waals surface area contributed by atoms with E-state index in [1.807, 2.05) is 49.1 Å². The van der Waals surface area contributed by atoms with Gasteiger partial charge >= 0.3 is 0 Å². The van der Waals surface area contributed by atoms with E-state index in [1.165, 1.54) is 13.2 Å². The molecule has 2 aromatic carbocycles. The Bertz CT molecular complexity index is 2490. The van der Waals surface area contributed by atoms with Gasteiger partial charge in [0.1, 0.15) is 23.0 Å². The molecule has 4 aliphatic heterocycles. The van der Waals surface area contributed by atoms with Crippen LogP contribution in [0.5, 0.6) is 5.75 Å². The van der Waals surface area contributed by atoms with Crippen molar-refractivity contribution in [1.29, 1.82) is 0 Å². The Morgan fingerprint density at radius 2 is 1.72 bits per heavy atom. The van der Waals surface area contributed by atoms with Crippen molar-refractivity contribution in [2.45, 2.75) is 76.7 Å². The number of rotatable bonds is 15. The molecule has 0 radical (unpaired) electrons. The molecular weight excluding hydrogens is 843 g/mol. The number of hydrogen-bond donors (Lipinski definition) is 3. The number of alkyl halides is 1. The first-order valence-corrected chi connectivity index (χ1v) is 22.4. The number of halogens is 2. The number of amides is 3. The van der Waals surface area contributed by atoms with Gasteiger partial charge in [0, 0.05) is 120 Å². The molecular formula is C46H56ClFN10O6. The van der Waals surface area contributed by atoms with E-state index in [0.717, 1.165) is 56.6 Å². The van der Waals surface area contributed by atoms with Gasteiger partial charge < -0.3 is 44.7 Å². The van der Waals surface area contributed by atoms with Crippen LogP contribution in [0.25, 0.3) is 10.9 Å². The lowest BCUT2D eigenvalue weighted by atomic mass is 9.71. The minimum Gasteiger partial charge on any atom is -0.478 e. The second-order valence-corrected chi connectivity index (χ2v) is 18.3. The average Bonchev–Trinajstić information content (AvgIpc) is 3.61. The fourth-order valence-corrected chi connectivity index (χ4v) is 10.0. The van der Waals surface area contributed by atoms with Crippen LogP contribution >= 0.6 is 11.6 Å². The SMILES string of the molecule is CNC(=O)COc1cc2cc(Nc3nc(N4CCC(F)(CN5CC6(CCN(c7cccc8c7CN(C(CCC=O)C(=O)NC)C8=O)CC6)C5)CC4)ncc3Cl)ccc2n(C(C)C)c1=O. The number of likely N-dealkylation sites (tertiary alicyclic amines) is 1. The first kappa shape index (κ1) is 44.8. The maximum atomic E-state index is 16.5. The predicted octanol–water partition coefficient (Wildman–Crippen LogP) is 4.85. The number of fused-ring (bicyclic) bond motifs is 2. The molecule has 64 heavy (non-hydrogen) atoms. The van der Waals surface area contributed by atoms with Crippen LogP contribution in [0, 0.1) is 5.41 Å². The Kier molecular flexibility index (Phi) is 12.8. The Morgan fingerprint density at radius 1 is 0.984 bits per heavy atom. The highest BCUT2D eigenvalue weighted by Crippen LogP contribution is 2.45. The summed E-state index contributed by atoms with van der Waals surface area (Å²) in [5.74, 6) is 0.0986. The van der Waals surface area contributed by atoms with E-state index in [2.05, 4.69) is 36.8 Å². The summed E-state index contributed by atoms with van der Waals surface area (Å²) in [4.78, 5) is 79.9. The fraction of sp³-hybridized carbons (Fsp3) is 0.500. The molecule has 4 aromatic rings. The maximum Gasteiger partial charge on any atom is 0.293 e. The van der Waals surface area contributed by atoms with Crippen molar-refractivity contribution in [2.24, 2.45) is 5.41 Å². The first-order valence-electron chi connectivity index (χ1n) is 22.1. The fourth-order valence-electron chi connectivity index (χ4n) is 9.89. The number of aromatic nitrogens is 3. The minimum absolute atomic E-state index is 0.0669. The number of benzene rings is 2. The van der Waals surface area contributed by atoms with Gasteiger partial charge in [-0.3, -0.25) is 24.1 Å². The van der Waals surface area contributed by atoms with E-state index >= 15 is 4.39 Å². The predicted molar refractivity (Wildman–Crippen MR) is 244 cm³/mol. The quantitative estimate of drug-likeness (QED) is 0.139. The van der Waals surface area contributed by atoms with Crippen LogP contribution in [0.15, 0.2) is 53.5 Å². The Hall–Kier alpha value is -5.81. The molecule has 1 unspecified atom stereocenters. The van der Waals surface area contributed by atoms with E-state index < -0.39 is 11.7 Å². The first-order chi connectivity index (χ1) is 30.7. The molecule has 3 amide bonds. The molecule has 0 bridgehead atoms. The van der Waals surface area contributed by atoms with Crippen LogP contribution < -0.4 is 36.0 Å². The standard InChI is InChI=1S/C46H56ClFN10O6/c1-29(2)58-35-11-10-31(21-30(35)22-38(43(58)63)64-25-39(60)49-3)52-40-34(47)23-51-44(53-40)56-18-14-46(48,15-19-56)28-54-26-45(27-54)12-16-55(17-13-45)36-8-5-7-32-33(36)24-57(42(32)62)37(9-6-20-59)41(61)50-4/h5,7-8,10-11,20-23,29,37H,6,9,12-19,24-28H2,1-4H3,(H,49,60)(H,50,61)(H,51,52,53). The molecule has 340 valence electrons. The molecule has 4 aliphatic rings. The zero-order valence-corrected chi connectivity index (χ0v) is 37.5. The second-order valence-electron chi connectivity index (χ2n) is 17.9. The molecule has 1 spiro atoms. The van der Waals surface area contributed by atoms with Crippen LogP contribution in [-0.4, -0.2) is 127 Å². The third kappa shape index (κ3) is 8.96. The lowest BCUT2D eigenvalue weighted by molar-refractivity contribution is -0.125. The third-order valence-electron chi connectivity index (χ3n) is 13.3. The van der Waals surface area contributed by atoms with Crippen molar-refractivity contribution in [3.8, 4) is 5.75 Å². The summed E-state index contributed by atoms with van der Waals surface area (Å²) >= 11 is 6.58. The lowest BCUT2D eigenvalue weighted by Crippen LogP contribution is -2.63. The largest absolute Gasteiger partial charge is 0.478 e. The number of pyridine rings is 1. The molecule has 8 rings (SSSR count).